The molecule has 3 aromatic carbocycles. The van der Waals surface area contributed by atoms with Crippen molar-refractivity contribution in [2.24, 2.45) is 0 Å². The van der Waals surface area contributed by atoms with Gasteiger partial charge in [0.15, 0.2) is 0 Å². The summed E-state index contributed by atoms with van der Waals surface area (Å²) in [6.45, 7) is 0. The Labute approximate surface area is 140 Å². The molecule has 122 valence electrons. The molecule has 0 spiro atoms. The van der Waals surface area contributed by atoms with Gasteiger partial charge in [-0.15, -0.1) is 0 Å². The zero-order chi connectivity index (χ0) is 17.0. The molecule has 3 aromatic rings. The normalized spacial score (nSPS) is 11.2. The SMILES string of the molecule is O=S(=O)(Nc1cccc(Cc2ccccc2)c1)c1ccccc1F. The Morgan fingerprint density at radius 2 is 1.46 bits per heavy atom. The molecule has 0 aromatic heterocycles. The van der Waals surface area contributed by atoms with Crippen LogP contribution in [0.1, 0.15) is 11.1 Å². The average molecular weight is 341 g/mol. The Morgan fingerprint density at radius 1 is 0.792 bits per heavy atom. The fourth-order valence-corrected chi connectivity index (χ4v) is 3.58. The topological polar surface area (TPSA) is 46.2 Å². The van der Waals surface area contributed by atoms with Crippen molar-refractivity contribution in [3.8, 4) is 0 Å². The highest BCUT2D eigenvalue weighted by atomic mass is 32.2. The maximum atomic E-state index is 13.7. The lowest BCUT2D eigenvalue weighted by Crippen LogP contribution is -2.14. The van der Waals surface area contributed by atoms with E-state index in [0.29, 0.717) is 12.1 Å². The molecule has 0 saturated carbocycles. The average Bonchev–Trinajstić information content (AvgIpc) is 2.56. The van der Waals surface area contributed by atoms with Gasteiger partial charge in [0.1, 0.15) is 10.7 Å². The third kappa shape index (κ3) is 3.81. The van der Waals surface area contributed by atoms with E-state index in [9.17, 15) is 12.8 Å². The molecule has 0 amide bonds. The predicted molar refractivity (Wildman–Crippen MR) is 92.9 cm³/mol. The molecule has 1 N–H and O–H groups in total. The highest BCUT2D eigenvalue weighted by Gasteiger charge is 2.18. The summed E-state index contributed by atoms with van der Waals surface area (Å²) in [4.78, 5) is -0.363. The number of sulfonamides is 1. The summed E-state index contributed by atoms with van der Waals surface area (Å²) in [5, 5.41) is 0. The van der Waals surface area contributed by atoms with Gasteiger partial charge in [-0.05, 0) is 41.8 Å². The number of rotatable bonds is 5. The lowest BCUT2D eigenvalue weighted by atomic mass is 10.0. The predicted octanol–water partition coefficient (Wildman–Crippen LogP) is 4.22. The first-order valence-corrected chi connectivity index (χ1v) is 8.93. The Bertz CT molecular complexity index is 940. The summed E-state index contributed by atoms with van der Waals surface area (Å²) < 4.78 is 40.9. The van der Waals surface area contributed by atoms with Crippen LogP contribution in [0.5, 0.6) is 0 Å². The minimum Gasteiger partial charge on any atom is -0.280 e. The van der Waals surface area contributed by atoms with Crippen LogP contribution in [-0.2, 0) is 16.4 Å². The van der Waals surface area contributed by atoms with Gasteiger partial charge in [-0.3, -0.25) is 4.72 Å². The monoisotopic (exact) mass is 341 g/mol. The zero-order valence-corrected chi connectivity index (χ0v) is 13.6. The highest BCUT2D eigenvalue weighted by molar-refractivity contribution is 7.92. The van der Waals surface area contributed by atoms with E-state index in [4.69, 9.17) is 0 Å². The zero-order valence-electron chi connectivity index (χ0n) is 12.8. The molecule has 5 heteroatoms. The highest BCUT2D eigenvalue weighted by Crippen LogP contribution is 2.20. The van der Waals surface area contributed by atoms with Gasteiger partial charge in [0.25, 0.3) is 10.0 Å². The molecule has 0 saturated heterocycles. The van der Waals surface area contributed by atoms with E-state index in [1.165, 1.54) is 18.2 Å². The largest absolute Gasteiger partial charge is 0.280 e. The Hall–Kier alpha value is -2.66. The fourth-order valence-electron chi connectivity index (χ4n) is 2.45. The first kappa shape index (κ1) is 16.2. The van der Waals surface area contributed by atoms with E-state index < -0.39 is 15.8 Å². The molecule has 0 bridgehead atoms. The van der Waals surface area contributed by atoms with E-state index >= 15 is 0 Å². The lowest BCUT2D eigenvalue weighted by Gasteiger charge is -2.10. The van der Waals surface area contributed by atoms with Gasteiger partial charge in [-0.25, -0.2) is 12.8 Å². The third-order valence-corrected chi connectivity index (χ3v) is 4.97. The minimum atomic E-state index is -3.96. The molecule has 0 atom stereocenters. The maximum absolute atomic E-state index is 13.7. The second-order valence-corrected chi connectivity index (χ2v) is 7.05. The molecule has 0 fully saturated rings. The molecule has 3 nitrogen and oxygen atoms in total. The first-order valence-electron chi connectivity index (χ1n) is 7.45. The summed E-state index contributed by atoms with van der Waals surface area (Å²) >= 11 is 0. The van der Waals surface area contributed by atoms with Gasteiger partial charge in [0.2, 0.25) is 0 Å². The number of halogens is 1. The van der Waals surface area contributed by atoms with Crippen molar-refractivity contribution in [1.82, 2.24) is 0 Å². The smallest absolute Gasteiger partial charge is 0.264 e. The summed E-state index contributed by atoms with van der Waals surface area (Å²) in [5.41, 5.74) is 2.51. The molecular formula is C19H16FNO2S. The van der Waals surface area contributed by atoms with Gasteiger partial charge in [0.05, 0.1) is 0 Å². The van der Waals surface area contributed by atoms with Crippen LogP contribution in [0.2, 0.25) is 0 Å². The van der Waals surface area contributed by atoms with Crippen LogP contribution in [0.3, 0.4) is 0 Å². The number of benzene rings is 3. The first-order chi connectivity index (χ1) is 11.5. The van der Waals surface area contributed by atoms with E-state index in [0.717, 1.165) is 17.2 Å². The second kappa shape index (κ2) is 6.84. The van der Waals surface area contributed by atoms with E-state index in [1.807, 2.05) is 36.4 Å². The molecule has 3 rings (SSSR count). The Balaban J connectivity index is 1.83. The van der Waals surface area contributed by atoms with Crippen molar-refractivity contribution in [3.05, 3.63) is 95.8 Å². The molecule has 0 aliphatic carbocycles. The summed E-state index contributed by atoms with van der Waals surface area (Å²) in [5.74, 6) is -0.773. The van der Waals surface area contributed by atoms with E-state index in [1.54, 1.807) is 18.2 Å². The van der Waals surface area contributed by atoms with Crippen LogP contribution < -0.4 is 4.72 Å². The molecule has 0 radical (unpaired) electrons. The van der Waals surface area contributed by atoms with Crippen molar-refractivity contribution >= 4 is 15.7 Å². The van der Waals surface area contributed by atoms with Crippen LogP contribution in [0.15, 0.2) is 83.8 Å². The minimum absolute atomic E-state index is 0.363. The van der Waals surface area contributed by atoms with Crippen molar-refractivity contribution in [1.29, 1.82) is 0 Å². The lowest BCUT2D eigenvalue weighted by molar-refractivity contribution is 0.570. The molecule has 0 heterocycles. The van der Waals surface area contributed by atoms with Crippen LogP contribution in [0, 0.1) is 5.82 Å². The van der Waals surface area contributed by atoms with Crippen LogP contribution in [-0.4, -0.2) is 8.42 Å². The second-order valence-electron chi connectivity index (χ2n) is 5.40. The molecule has 0 unspecified atom stereocenters. The van der Waals surface area contributed by atoms with Crippen LogP contribution >= 0.6 is 0 Å². The van der Waals surface area contributed by atoms with Gasteiger partial charge in [-0.1, -0.05) is 54.6 Å². The quantitative estimate of drug-likeness (QED) is 0.755. The van der Waals surface area contributed by atoms with Crippen LogP contribution in [0.4, 0.5) is 10.1 Å². The summed E-state index contributed by atoms with van der Waals surface area (Å²) in [7, 11) is -3.96. The van der Waals surface area contributed by atoms with Gasteiger partial charge >= 0.3 is 0 Å². The number of hydrogen-bond acceptors (Lipinski definition) is 2. The fraction of sp³-hybridized carbons (Fsp3) is 0.0526. The van der Waals surface area contributed by atoms with Crippen LogP contribution in [0.25, 0.3) is 0 Å². The van der Waals surface area contributed by atoms with E-state index in [2.05, 4.69) is 4.72 Å². The van der Waals surface area contributed by atoms with Gasteiger partial charge in [-0.2, -0.15) is 0 Å². The van der Waals surface area contributed by atoms with Crippen molar-refractivity contribution < 1.29 is 12.8 Å². The Morgan fingerprint density at radius 3 is 2.21 bits per heavy atom. The number of anilines is 1. The van der Waals surface area contributed by atoms with Crippen molar-refractivity contribution in [2.45, 2.75) is 11.3 Å². The number of nitrogens with one attached hydrogen (secondary N) is 1. The molecular weight excluding hydrogens is 325 g/mol. The number of hydrogen-bond donors (Lipinski definition) is 1. The standard InChI is InChI=1S/C19H16FNO2S/c20-18-11-4-5-12-19(18)24(22,23)21-17-10-6-9-16(14-17)13-15-7-2-1-3-8-15/h1-12,14,21H,13H2. The van der Waals surface area contributed by atoms with Gasteiger partial charge < -0.3 is 0 Å². The summed E-state index contributed by atoms with van der Waals surface area (Å²) in [6.07, 6.45) is 0.691. The van der Waals surface area contributed by atoms with Crippen molar-refractivity contribution in [2.75, 3.05) is 4.72 Å². The Kier molecular flexibility index (Phi) is 4.62. The molecule has 24 heavy (non-hydrogen) atoms. The third-order valence-electron chi connectivity index (χ3n) is 3.56. The van der Waals surface area contributed by atoms with Crippen molar-refractivity contribution in [3.63, 3.8) is 0 Å². The molecule has 0 aliphatic heterocycles. The molecule has 0 aliphatic rings. The summed E-state index contributed by atoms with van der Waals surface area (Å²) in [6, 6.07) is 22.3. The van der Waals surface area contributed by atoms with Gasteiger partial charge in [0, 0.05) is 5.69 Å². The maximum Gasteiger partial charge on any atom is 0.264 e. The van der Waals surface area contributed by atoms with E-state index in [-0.39, 0.29) is 4.90 Å².